The molecule has 0 bridgehead atoms. The van der Waals surface area contributed by atoms with Crippen molar-refractivity contribution in [3.05, 3.63) is 64.8 Å². The zero-order valence-corrected chi connectivity index (χ0v) is 15.1. The molecule has 0 spiro atoms. The number of nitrogens with zero attached hydrogens (tertiary/aromatic N) is 2. The van der Waals surface area contributed by atoms with Gasteiger partial charge < -0.3 is 15.4 Å². The lowest BCUT2D eigenvalue weighted by Crippen LogP contribution is -2.03. The molecular formula is C19H19ClN4O. The first-order valence-electron chi connectivity index (χ1n) is 7.83. The fourth-order valence-corrected chi connectivity index (χ4v) is 2.53. The van der Waals surface area contributed by atoms with Crippen LogP contribution in [0.3, 0.4) is 0 Å². The summed E-state index contributed by atoms with van der Waals surface area (Å²) in [5.41, 5.74) is 3.71. The van der Waals surface area contributed by atoms with Crippen LogP contribution in [0.4, 0.5) is 23.1 Å². The van der Waals surface area contributed by atoms with Crippen LogP contribution in [-0.2, 0) is 0 Å². The Morgan fingerprint density at radius 2 is 1.68 bits per heavy atom. The average Bonchev–Trinajstić information content (AvgIpc) is 2.57. The Bertz CT molecular complexity index is 881. The summed E-state index contributed by atoms with van der Waals surface area (Å²) >= 11 is 5.92. The SMILES string of the molecule is COc1ccc(C)cc1Nc1cc(C)nc(Nc2ccc(Cl)cc2)n1. The maximum absolute atomic E-state index is 5.92. The number of aryl methyl sites for hydroxylation is 2. The number of halogens is 1. The summed E-state index contributed by atoms with van der Waals surface area (Å²) in [6.07, 6.45) is 0. The number of benzene rings is 2. The summed E-state index contributed by atoms with van der Waals surface area (Å²) in [4.78, 5) is 8.96. The van der Waals surface area contributed by atoms with Gasteiger partial charge in [0, 0.05) is 22.5 Å². The zero-order valence-electron chi connectivity index (χ0n) is 14.3. The number of ether oxygens (including phenoxy) is 1. The molecule has 6 heteroatoms. The molecule has 0 aliphatic carbocycles. The van der Waals surface area contributed by atoms with E-state index in [1.165, 1.54) is 0 Å². The van der Waals surface area contributed by atoms with Crippen molar-refractivity contribution in [3.63, 3.8) is 0 Å². The van der Waals surface area contributed by atoms with Gasteiger partial charge >= 0.3 is 0 Å². The Hall–Kier alpha value is -2.79. The van der Waals surface area contributed by atoms with E-state index in [-0.39, 0.29) is 0 Å². The molecule has 128 valence electrons. The first kappa shape index (κ1) is 17.0. The van der Waals surface area contributed by atoms with Gasteiger partial charge in [-0.3, -0.25) is 0 Å². The highest BCUT2D eigenvalue weighted by Crippen LogP contribution is 2.28. The first-order valence-corrected chi connectivity index (χ1v) is 8.21. The monoisotopic (exact) mass is 354 g/mol. The quantitative estimate of drug-likeness (QED) is 0.656. The molecule has 0 atom stereocenters. The molecule has 2 N–H and O–H groups in total. The van der Waals surface area contributed by atoms with Crippen LogP contribution in [0.2, 0.25) is 5.02 Å². The van der Waals surface area contributed by atoms with Crippen molar-refractivity contribution in [2.75, 3.05) is 17.7 Å². The highest BCUT2D eigenvalue weighted by molar-refractivity contribution is 6.30. The van der Waals surface area contributed by atoms with Gasteiger partial charge in [-0.05, 0) is 55.8 Å². The molecule has 3 rings (SSSR count). The van der Waals surface area contributed by atoms with E-state index in [2.05, 4.69) is 20.6 Å². The second-order valence-corrected chi connectivity index (χ2v) is 6.12. The third kappa shape index (κ3) is 4.39. The lowest BCUT2D eigenvalue weighted by Gasteiger charge is -2.13. The van der Waals surface area contributed by atoms with E-state index < -0.39 is 0 Å². The molecule has 1 heterocycles. The van der Waals surface area contributed by atoms with Gasteiger partial charge in [-0.1, -0.05) is 17.7 Å². The summed E-state index contributed by atoms with van der Waals surface area (Å²) in [5, 5.41) is 7.17. The molecule has 1 aromatic heterocycles. The van der Waals surface area contributed by atoms with Crippen molar-refractivity contribution in [3.8, 4) is 5.75 Å². The van der Waals surface area contributed by atoms with Gasteiger partial charge in [0.05, 0.1) is 12.8 Å². The van der Waals surface area contributed by atoms with Crippen molar-refractivity contribution in [2.45, 2.75) is 13.8 Å². The van der Waals surface area contributed by atoms with Gasteiger partial charge in [0.15, 0.2) is 0 Å². The summed E-state index contributed by atoms with van der Waals surface area (Å²) in [6.45, 7) is 3.96. The molecule has 0 radical (unpaired) electrons. The van der Waals surface area contributed by atoms with E-state index >= 15 is 0 Å². The van der Waals surface area contributed by atoms with Crippen molar-refractivity contribution >= 4 is 34.7 Å². The number of nitrogens with one attached hydrogen (secondary N) is 2. The molecule has 3 aromatic rings. The molecule has 0 unspecified atom stereocenters. The number of rotatable bonds is 5. The Balaban J connectivity index is 1.87. The highest BCUT2D eigenvalue weighted by Gasteiger charge is 2.07. The van der Waals surface area contributed by atoms with Crippen LogP contribution in [0, 0.1) is 13.8 Å². The highest BCUT2D eigenvalue weighted by atomic mass is 35.5. The molecule has 2 aromatic carbocycles. The number of hydrogen-bond donors (Lipinski definition) is 2. The van der Waals surface area contributed by atoms with Crippen molar-refractivity contribution in [1.29, 1.82) is 0 Å². The predicted molar refractivity (Wildman–Crippen MR) is 103 cm³/mol. The number of methoxy groups -OCH3 is 1. The standard InChI is InChI=1S/C19H19ClN4O/c1-12-4-9-17(25-3)16(10-12)23-18-11-13(2)21-19(24-18)22-15-7-5-14(20)6-8-15/h4-11H,1-3H3,(H2,21,22,23,24). The van der Waals surface area contributed by atoms with Crippen LogP contribution in [0.1, 0.15) is 11.3 Å². The molecular weight excluding hydrogens is 336 g/mol. The van der Waals surface area contributed by atoms with Crippen LogP contribution < -0.4 is 15.4 Å². The summed E-state index contributed by atoms with van der Waals surface area (Å²) in [7, 11) is 1.65. The fourth-order valence-electron chi connectivity index (χ4n) is 2.41. The van der Waals surface area contributed by atoms with Gasteiger partial charge in [0.1, 0.15) is 11.6 Å². The Labute approximate surface area is 152 Å². The summed E-state index contributed by atoms with van der Waals surface area (Å²) < 4.78 is 5.41. The van der Waals surface area contributed by atoms with Crippen molar-refractivity contribution in [2.24, 2.45) is 0 Å². The molecule has 0 amide bonds. The van der Waals surface area contributed by atoms with Gasteiger partial charge in [-0.15, -0.1) is 0 Å². The van der Waals surface area contributed by atoms with E-state index in [0.29, 0.717) is 16.8 Å². The molecule has 0 aliphatic heterocycles. The number of aromatic nitrogens is 2. The van der Waals surface area contributed by atoms with Gasteiger partial charge in [-0.2, -0.15) is 4.98 Å². The van der Waals surface area contributed by atoms with Crippen molar-refractivity contribution in [1.82, 2.24) is 9.97 Å². The maximum Gasteiger partial charge on any atom is 0.229 e. The van der Waals surface area contributed by atoms with Gasteiger partial charge in [-0.25, -0.2) is 4.98 Å². The van der Waals surface area contributed by atoms with Crippen LogP contribution in [0.15, 0.2) is 48.5 Å². The second kappa shape index (κ2) is 7.40. The van der Waals surface area contributed by atoms with Gasteiger partial charge in [0.2, 0.25) is 5.95 Å². The summed E-state index contributed by atoms with van der Waals surface area (Å²) in [5.74, 6) is 1.96. The molecule has 0 saturated carbocycles. The Kier molecular flexibility index (Phi) is 5.05. The second-order valence-electron chi connectivity index (χ2n) is 5.68. The van der Waals surface area contributed by atoms with Crippen molar-refractivity contribution < 1.29 is 4.74 Å². The molecule has 0 aliphatic rings. The third-order valence-electron chi connectivity index (χ3n) is 3.57. The van der Waals surface area contributed by atoms with Crippen LogP contribution in [0.5, 0.6) is 5.75 Å². The molecule has 0 fully saturated rings. The number of hydrogen-bond acceptors (Lipinski definition) is 5. The van der Waals surface area contributed by atoms with Crippen LogP contribution in [0.25, 0.3) is 0 Å². The minimum atomic E-state index is 0.511. The minimum absolute atomic E-state index is 0.511. The lowest BCUT2D eigenvalue weighted by molar-refractivity contribution is 0.416. The normalized spacial score (nSPS) is 10.4. The van der Waals surface area contributed by atoms with E-state index in [0.717, 1.165) is 28.4 Å². The molecule has 5 nitrogen and oxygen atoms in total. The van der Waals surface area contributed by atoms with E-state index in [1.54, 1.807) is 7.11 Å². The molecule has 25 heavy (non-hydrogen) atoms. The Morgan fingerprint density at radius 1 is 0.920 bits per heavy atom. The Morgan fingerprint density at radius 3 is 2.40 bits per heavy atom. The number of anilines is 4. The molecule has 0 saturated heterocycles. The maximum atomic E-state index is 5.92. The van der Waals surface area contributed by atoms with E-state index in [4.69, 9.17) is 16.3 Å². The third-order valence-corrected chi connectivity index (χ3v) is 3.82. The summed E-state index contributed by atoms with van der Waals surface area (Å²) in [6, 6.07) is 15.2. The van der Waals surface area contributed by atoms with E-state index in [9.17, 15) is 0 Å². The lowest BCUT2D eigenvalue weighted by atomic mass is 10.2. The topological polar surface area (TPSA) is 59.1 Å². The average molecular weight is 355 g/mol. The predicted octanol–water partition coefficient (Wildman–Crippen LogP) is 5.24. The van der Waals surface area contributed by atoms with E-state index in [1.807, 2.05) is 62.4 Å². The first-order chi connectivity index (χ1) is 12.0. The zero-order chi connectivity index (χ0) is 17.8. The van der Waals surface area contributed by atoms with Crippen LogP contribution in [-0.4, -0.2) is 17.1 Å². The van der Waals surface area contributed by atoms with Gasteiger partial charge in [0.25, 0.3) is 0 Å². The largest absolute Gasteiger partial charge is 0.495 e. The fraction of sp³-hybridized carbons (Fsp3) is 0.158. The minimum Gasteiger partial charge on any atom is -0.495 e. The van der Waals surface area contributed by atoms with Crippen LogP contribution >= 0.6 is 11.6 Å². The smallest absolute Gasteiger partial charge is 0.229 e.